The van der Waals surface area contributed by atoms with Crippen molar-refractivity contribution in [2.75, 3.05) is 36.7 Å². The largest absolute Gasteiger partial charge is 0.388 e. The maximum Gasteiger partial charge on any atom is 0.135 e. The van der Waals surface area contributed by atoms with Gasteiger partial charge in [-0.2, -0.15) is 0 Å². The Bertz CT molecular complexity index is 507. The third kappa shape index (κ3) is 2.88. The molecule has 0 unspecified atom stereocenters. The average Bonchev–Trinajstić information content (AvgIpc) is 2.40. The first-order chi connectivity index (χ1) is 8.69. The van der Waals surface area contributed by atoms with Crippen molar-refractivity contribution < 1.29 is 0 Å². The summed E-state index contributed by atoms with van der Waals surface area (Å²) in [5.74, 6) is 1.66. The Labute approximate surface area is 107 Å². The van der Waals surface area contributed by atoms with E-state index >= 15 is 0 Å². The minimum atomic E-state index is 0.783. The van der Waals surface area contributed by atoms with E-state index in [0.29, 0.717) is 0 Å². The fraction of sp³-hybridized carbons (Fsp3) is 0.231. The van der Waals surface area contributed by atoms with Gasteiger partial charge in [0.15, 0.2) is 0 Å². The Morgan fingerprint density at radius 1 is 1.00 bits per heavy atom. The van der Waals surface area contributed by atoms with Gasteiger partial charge in [0.25, 0.3) is 0 Å². The van der Waals surface area contributed by atoms with Gasteiger partial charge in [0.2, 0.25) is 0 Å². The number of benzene rings is 1. The predicted octanol–water partition coefficient (Wildman–Crippen LogP) is 2.33. The predicted molar refractivity (Wildman–Crippen MR) is 75.6 cm³/mol. The molecule has 0 saturated heterocycles. The van der Waals surface area contributed by atoms with Crippen LogP contribution >= 0.6 is 0 Å². The zero-order valence-corrected chi connectivity index (χ0v) is 10.8. The summed E-state index contributed by atoms with van der Waals surface area (Å²) in [6.45, 7) is 0. The van der Waals surface area contributed by atoms with Crippen molar-refractivity contribution in [1.82, 2.24) is 9.97 Å². The van der Waals surface area contributed by atoms with E-state index in [1.807, 2.05) is 56.4 Å². The summed E-state index contributed by atoms with van der Waals surface area (Å²) in [6.07, 6.45) is 1.56. The summed E-state index contributed by atoms with van der Waals surface area (Å²) in [6, 6.07) is 9.94. The van der Waals surface area contributed by atoms with E-state index in [1.165, 1.54) is 0 Å². The highest BCUT2D eigenvalue weighted by Gasteiger charge is 2.01. The average molecular weight is 243 g/mol. The van der Waals surface area contributed by atoms with Crippen LogP contribution in [-0.2, 0) is 0 Å². The lowest BCUT2D eigenvalue weighted by Crippen LogP contribution is -2.11. The van der Waals surface area contributed by atoms with Crippen molar-refractivity contribution in [3.63, 3.8) is 0 Å². The molecule has 94 valence electrons. The Morgan fingerprint density at radius 2 is 1.67 bits per heavy atom. The van der Waals surface area contributed by atoms with Crippen LogP contribution in [0, 0.1) is 0 Å². The summed E-state index contributed by atoms with van der Waals surface area (Å²) in [5.41, 5.74) is 2.08. The molecule has 1 heterocycles. The number of nitrogens with one attached hydrogen (secondary N) is 2. The van der Waals surface area contributed by atoms with Crippen LogP contribution in [0.3, 0.4) is 0 Å². The van der Waals surface area contributed by atoms with Crippen LogP contribution in [0.25, 0.3) is 0 Å². The molecule has 0 fully saturated rings. The van der Waals surface area contributed by atoms with Crippen LogP contribution in [0.5, 0.6) is 0 Å². The molecule has 2 N–H and O–H groups in total. The Kier molecular flexibility index (Phi) is 3.62. The molecule has 0 bridgehead atoms. The zero-order chi connectivity index (χ0) is 13.0. The Hall–Kier alpha value is -2.30. The standard InChI is InChI=1S/C13H17N5/c1-14-10-4-6-11(7-5-10)17-12-8-13(18(2)3)16-9-15-12/h4-9,14H,1-3H3,(H,15,16,17). The number of hydrogen-bond donors (Lipinski definition) is 2. The lowest BCUT2D eigenvalue weighted by Gasteiger charge is -2.12. The first-order valence-electron chi connectivity index (χ1n) is 5.73. The van der Waals surface area contributed by atoms with Crippen molar-refractivity contribution >= 4 is 23.0 Å². The van der Waals surface area contributed by atoms with Gasteiger partial charge in [-0.05, 0) is 24.3 Å². The normalized spacial score (nSPS) is 9.94. The van der Waals surface area contributed by atoms with E-state index in [-0.39, 0.29) is 0 Å². The van der Waals surface area contributed by atoms with E-state index in [4.69, 9.17) is 0 Å². The third-order valence-electron chi connectivity index (χ3n) is 2.56. The monoisotopic (exact) mass is 243 g/mol. The fourth-order valence-corrected chi connectivity index (χ4v) is 1.53. The number of anilines is 4. The zero-order valence-electron chi connectivity index (χ0n) is 10.8. The van der Waals surface area contributed by atoms with Crippen LogP contribution in [0.4, 0.5) is 23.0 Å². The molecular weight excluding hydrogens is 226 g/mol. The molecule has 0 aliphatic heterocycles. The molecule has 0 saturated carbocycles. The van der Waals surface area contributed by atoms with Gasteiger partial charge in [0.05, 0.1) is 0 Å². The van der Waals surface area contributed by atoms with Gasteiger partial charge in [-0.25, -0.2) is 9.97 Å². The highest BCUT2D eigenvalue weighted by Crippen LogP contribution is 2.19. The minimum absolute atomic E-state index is 0.783. The van der Waals surface area contributed by atoms with Gasteiger partial charge in [0.1, 0.15) is 18.0 Å². The summed E-state index contributed by atoms with van der Waals surface area (Å²) in [5, 5.41) is 6.33. The number of hydrogen-bond acceptors (Lipinski definition) is 5. The number of nitrogens with zero attached hydrogens (tertiary/aromatic N) is 3. The second-order valence-corrected chi connectivity index (χ2v) is 4.11. The molecule has 5 nitrogen and oxygen atoms in total. The Balaban J connectivity index is 2.15. The van der Waals surface area contributed by atoms with E-state index in [1.54, 1.807) is 6.33 Å². The molecule has 1 aromatic heterocycles. The summed E-state index contributed by atoms with van der Waals surface area (Å²) >= 11 is 0. The van der Waals surface area contributed by atoms with Crippen molar-refractivity contribution in [3.8, 4) is 0 Å². The molecule has 0 spiro atoms. The molecule has 0 amide bonds. The smallest absolute Gasteiger partial charge is 0.135 e. The molecule has 5 heteroatoms. The molecule has 2 aromatic rings. The van der Waals surface area contributed by atoms with E-state index < -0.39 is 0 Å². The topological polar surface area (TPSA) is 53.1 Å². The van der Waals surface area contributed by atoms with Gasteiger partial charge in [0, 0.05) is 38.6 Å². The van der Waals surface area contributed by atoms with Gasteiger partial charge in [-0.3, -0.25) is 0 Å². The van der Waals surface area contributed by atoms with Crippen molar-refractivity contribution in [3.05, 3.63) is 36.7 Å². The number of rotatable bonds is 4. The van der Waals surface area contributed by atoms with Crippen LogP contribution < -0.4 is 15.5 Å². The van der Waals surface area contributed by atoms with Crippen molar-refractivity contribution in [1.29, 1.82) is 0 Å². The minimum Gasteiger partial charge on any atom is -0.388 e. The van der Waals surface area contributed by atoms with E-state index in [0.717, 1.165) is 23.0 Å². The van der Waals surface area contributed by atoms with Crippen LogP contribution in [0.15, 0.2) is 36.7 Å². The van der Waals surface area contributed by atoms with Gasteiger partial charge in [-0.1, -0.05) is 0 Å². The lowest BCUT2D eigenvalue weighted by molar-refractivity contribution is 1.04. The van der Waals surface area contributed by atoms with Gasteiger partial charge >= 0.3 is 0 Å². The van der Waals surface area contributed by atoms with E-state index in [2.05, 4.69) is 20.6 Å². The molecule has 1 aromatic carbocycles. The van der Waals surface area contributed by atoms with E-state index in [9.17, 15) is 0 Å². The van der Waals surface area contributed by atoms with Gasteiger partial charge < -0.3 is 15.5 Å². The summed E-state index contributed by atoms with van der Waals surface area (Å²) in [4.78, 5) is 10.3. The van der Waals surface area contributed by atoms with Crippen LogP contribution in [0.2, 0.25) is 0 Å². The molecule has 2 rings (SSSR count). The maximum absolute atomic E-state index is 4.20. The first kappa shape index (κ1) is 12.2. The molecule has 0 aliphatic rings. The molecule has 0 radical (unpaired) electrons. The Morgan fingerprint density at radius 3 is 2.28 bits per heavy atom. The molecule has 0 atom stereocenters. The highest BCUT2D eigenvalue weighted by molar-refractivity contribution is 5.61. The van der Waals surface area contributed by atoms with Crippen molar-refractivity contribution in [2.45, 2.75) is 0 Å². The number of aromatic nitrogens is 2. The fourth-order valence-electron chi connectivity index (χ4n) is 1.53. The molecule has 0 aliphatic carbocycles. The van der Waals surface area contributed by atoms with Crippen LogP contribution in [0.1, 0.15) is 0 Å². The molecular formula is C13H17N5. The first-order valence-corrected chi connectivity index (χ1v) is 5.73. The van der Waals surface area contributed by atoms with Crippen molar-refractivity contribution in [2.24, 2.45) is 0 Å². The molecule has 18 heavy (non-hydrogen) atoms. The van der Waals surface area contributed by atoms with Crippen LogP contribution in [-0.4, -0.2) is 31.1 Å². The second-order valence-electron chi connectivity index (χ2n) is 4.11. The third-order valence-corrected chi connectivity index (χ3v) is 2.56. The highest BCUT2D eigenvalue weighted by atomic mass is 15.2. The van der Waals surface area contributed by atoms with Gasteiger partial charge in [-0.15, -0.1) is 0 Å². The summed E-state index contributed by atoms with van der Waals surface area (Å²) < 4.78 is 0. The summed E-state index contributed by atoms with van der Waals surface area (Å²) in [7, 11) is 5.80. The SMILES string of the molecule is CNc1ccc(Nc2cc(N(C)C)ncn2)cc1. The maximum atomic E-state index is 4.20. The second kappa shape index (κ2) is 5.35. The quantitative estimate of drug-likeness (QED) is 0.863. The lowest BCUT2D eigenvalue weighted by atomic mass is 10.3.